The van der Waals surface area contributed by atoms with E-state index in [0.717, 1.165) is 49.4 Å². The lowest BCUT2D eigenvalue weighted by atomic mass is 9.67. The molecule has 0 saturated carbocycles. The Morgan fingerprint density at radius 1 is 0.463 bits per heavy atom. The summed E-state index contributed by atoms with van der Waals surface area (Å²) < 4.78 is 0. The third-order valence-corrected chi connectivity index (χ3v) is 8.78. The minimum atomic E-state index is -0.547. The summed E-state index contributed by atoms with van der Waals surface area (Å²) in [4.78, 5) is 15.4. The zero-order valence-corrected chi connectivity index (χ0v) is 22.1. The first-order valence-electron chi connectivity index (χ1n) is 14.0. The van der Waals surface area contributed by atoms with Gasteiger partial charge < -0.3 is 0 Å². The van der Waals surface area contributed by atoms with Crippen molar-refractivity contribution in [1.82, 2.24) is 15.0 Å². The van der Waals surface area contributed by atoms with Crippen molar-refractivity contribution in [3.05, 3.63) is 162 Å². The van der Waals surface area contributed by atoms with Crippen molar-refractivity contribution in [2.24, 2.45) is 0 Å². The van der Waals surface area contributed by atoms with Gasteiger partial charge in [0.05, 0.1) is 27.7 Å². The van der Waals surface area contributed by atoms with Gasteiger partial charge in [0.25, 0.3) is 0 Å². The molecule has 3 heteroatoms. The molecule has 0 N–H and O–H groups in total. The maximum Gasteiger partial charge on any atom is 0.0972 e. The van der Waals surface area contributed by atoms with Crippen molar-refractivity contribution in [3.63, 3.8) is 0 Å². The van der Waals surface area contributed by atoms with Crippen molar-refractivity contribution in [3.8, 4) is 11.3 Å². The molecule has 0 atom stereocenters. The zero-order chi connectivity index (χ0) is 27.0. The summed E-state index contributed by atoms with van der Waals surface area (Å²) in [5.74, 6) is 0. The molecule has 3 aromatic heterocycles. The normalized spacial score (nSPS) is 13.6. The second-order valence-corrected chi connectivity index (χ2v) is 10.8. The van der Waals surface area contributed by atoms with Gasteiger partial charge in [-0.25, -0.2) is 4.98 Å². The molecule has 8 aromatic rings. The molecule has 190 valence electrons. The second kappa shape index (κ2) is 8.30. The average molecular weight is 522 g/mol. The number of hydrogen-bond acceptors (Lipinski definition) is 3. The van der Waals surface area contributed by atoms with Crippen LogP contribution in [0, 0.1) is 0 Å². The minimum Gasteiger partial charge on any atom is -0.255 e. The highest BCUT2D eigenvalue weighted by Crippen LogP contribution is 2.57. The molecular formula is C38H23N3. The number of aromatic nitrogens is 3. The van der Waals surface area contributed by atoms with E-state index in [-0.39, 0.29) is 0 Å². The highest BCUT2D eigenvalue weighted by molar-refractivity contribution is 6.13. The fraction of sp³-hybridized carbons (Fsp3) is 0.0263. The number of benzene rings is 5. The molecule has 0 aliphatic heterocycles. The van der Waals surface area contributed by atoms with Gasteiger partial charge in [0.2, 0.25) is 0 Å². The van der Waals surface area contributed by atoms with Gasteiger partial charge in [0.15, 0.2) is 0 Å². The molecule has 0 amide bonds. The summed E-state index contributed by atoms with van der Waals surface area (Å²) in [6, 6.07) is 45.5. The molecule has 5 aromatic carbocycles. The highest BCUT2D eigenvalue weighted by Gasteiger charge is 2.48. The summed E-state index contributed by atoms with van der Waals surface area (Å²) >= 11 is 0. The molecule has 0 fully saturated rings. The van der Waals surface area contributed by atoms with E-state index in [1.54, 1.807) is 0 Å². The van der Waals surface area contributed by atoms with Crippen molar-refractivity contribution in [1.29, 1.82) is 0 Å². The Bertz CT molecular complexity index is 2270. The van der Waals surface area contributed by atoms with Crippen LogP contribution in [0.4, 0.5) is 0 Å². The predicted octanol–water partition coefficient (Wildman–Crippen LogP) is 8.85. The predicted molar refractivity (Wildman–Crippen MR) is 167 cm³/mol. The van der Waals surface area contributed by atoms with E-state index < -0.39 is 5.41 Å². The maximum absolute atomic E-state index is 5.50. The van der Waals surface area contributed by atoms with Gasteiger partial charge in [-0.1, -0.05) is 115 Å². The maximum atomic E-state index is 5.50. The third-order valence-electron chi connectivity index (χ3n) is 8.78. The first kappa shape index (κ1) is 22.4. The van der Waals surface area contributed by atoms with Crippen LogP contribution in [0.3, 0.4) is 0 Å². The topological polar surface area (TPSA) is 38.7 Å². The smallest absolute Gasteiger partial charge is 0.0972 e. The molecule has 1 aliphatic rings. The van der Waals surface area contributed by atoms with Crippen LogP contribution < -0.4 is 0 Å². The molecule has 0 spiro atoms. The molecule has 3 nitrogen and oxygen atoms in total. The van der Waals surface area contributed by atoms with E-state index in [1.807, 2.05) is 18.5 Å². The van der Waals surface area contributed by atoms with Gasteiger partial charge in [-0.2, -0.15) is 0 Å². The summed E-state index contributed by atoms with van der Waals surface area (Å²) in [7, 11) is 0. The molecule has 1 aliphatic carbocycles. The fourth-order valence-electron chi connectivity index (χ4n) is 7.05. The van der Waals surface area contributed by atoms with Crippen LogP contribution in [0.2, 0.25) is 0 Å². The van der Waals surface area contributed by atoms with Crippen molar-refractivity contribution < 1.29 is 0 Å². The van der Waals surface area contributed by atoms with Crippen LogP contribution in [0.25, 0.3) is 54.7 Å². The Hall–Kier alpha value is -5.41. The van der Waals surface area contributed by atoms with Crippen LogP contribution in [-0.4, -0.2) is 15.0 Å². The lowest BCUT2D eigenvalue weighted by Crippen LogP contribution is -2.28. The van der Waals surface area contributed by atoms with E-state index >= 15 is 0 Å². The fourth-order valence-corrected chi connectivity index (χ4v) is 7.05. The zero-order valence-electron chi connectivity index (χ0n) is 22.1. The van der Waals surface area contributed by atoms with Gasteiger partial charge in [-0.05, 0) is 39.8 Å². The molecular weight excluding hydrogens is 498 g/mol. The van der Waals surface area contributed by atoms with Crippen LogP contribution >= 0.6 is 0 Å². The number of fused-ring (bicyclic) bond motifs is 10. The van der Waals surface area contributed by atoms with Crippen LogP contribution in [0.15, 0.2) is 140 Å². The van der Waals surface area contributed by atoms with Crippen LogP contribution in [0.1, 0.15) is 22.3 Å². The van der Waals surface area contributed by atoms with Crippen molar-refractivity contribution in [2.75, 3.05) is 0 Å². The van der Waals surface area contributed by atoms with Crippen molar-refractivity contribution in [2.45, 2.75) is 5.41 Å². The van der Waals surface area contributed by atoms with E-state index in [4.69, 9.17) is 15.0 Å². The number of rotatable bonds is 2. The largest absolute Gasteiger partial charge is 0.255 e. The molecule has 0 radical (unpaired) electrons. The third kappa shape index (κ3) is 2.95. The van der Waals surface area contributed by atoms with Gasteiger partial charge in [0.1, 0.15) is 0 Å². The highest BCUT2D eigenvalue weighted by atomic mass is 14.8. The van der Waals surface area contributed by atoms with E-state index in [1.165, 1.54) is 27.6 Å². The number of pyridine rings is 3. The van der Waals surface area contributed by atoms with E-state index in [2.05, 4.69) is 121 Å². The molecule has 41 heavy (non-hydrogen) atoms. The standard InChI is InChI=1S/C38H23N3/c1-3-12-27(13-4-1)38(28-14-5-2-6-15-28)31-20-19-30-29-16-8-7-10-26(29)23-40-36(30)33(31)37-32(38)22-25-18-17-24-11-9-21-39-34(24)35(25)41-37/h1-23H. The lowest BCUT2D eigenvalue weighted by molar-refractivity contribution is 0.768. The SMILES string of the molecule is c1ccc(C2(c3ccccc3)c3cc4ccc5cccnc5c4nc3-c3c2ccc2c3ncc3ccccc32)cc1. The monoisotopic (exact) mass is 521 g/mol. The second-order valence-electron chi connectivity index (χ2n) is 10.8. The van der Waals surface area contributed by atoms with Crippen LogP contribution in [-0.2, 0) is 5.41 Å². The number of nitrogens with zero attached hydrogens (tertiary/aromatic N) is 3. The Morgan fingerprint density at radius 2 is 1.17 bits per heavy atom. The average Bonchev–Trinajstić information content (AvgIpc) is 3.35. The molecule has 0 bridgehead atoms. The molecule has 0 saturated heterocycles. The molecule has 0 unspecified atom stereocenters. The Kier molecular flexibility index (Phi) is 4.53. The van der Waals surface area contributed by atoms with Gasteiger partial charge in [0, 0.05) is 39.5 Å². The van der Waals surface area contributed by atoms with Gasteiger partial charge >= 0.3 is 0 Å². The first-order valence-corrected chi connectivity index (χ1v) is 14.0. The Balaban J connectivity index is 1.53. The lowest BCUT2D eigenvalue weighted by Gasteiger charge is -2.33. The molecule has 9 rings (SSSR count). The van der Waals surface area contributed by atoms with Gasteiger partial charge in [-0.3, -0.25) is 9.97 Å². The van der Waals surface area contributed by atoms with Crippen LogP contribution in [0.5, 0.6) is 0 Å². The summed E-state index contributed by atoms with van der Waals surface area (Å²) in [5, 5.41) is 5.65. The number of hydrogen-bond donors (Lipinski definition) is 0. The quantitative estimate of drug-likeness (QED) is 0.213. The van der Waals surface area contributed by atoms with E-state index in [9.17, 15) is 0 Å². The summed E-state index contributed by atoms with van der Waals surface area (Å²) in [6.45, 7) is 0. The molecule has 3 heterocycles. The first-order chi connectivity index (χ1) is 20.3. The van der Waals surface area contributed by atoms with E-state index in [0.29, 0.717) is 0 Å². The Morgan fingerprint density at radius 3 is 1.98 bits per heavy atom. The van der Waals surface area contributed by atoms with Crippen molar-refractivity contribution >= 4 is 43.5 Å². The minimum absolute atomic E-state index is 0.547. The summed E-state index contributed by atoms with van der Waals surface area (Å²) in [6.07, 6.45) is 3.85. The van der Waals surface area contributed by atoms with Gasteiger partial charge in [-0.15, -0.1) is 0 Å². The summed E-state index contributed by atoms with van der Waals surface area (Å²) in [5.41, 5.74) is 9.17. The Labute approximate surface area is 236 Å².